The number of sulfonamides is 1. The number of rotatable bonds is 5. The predicted octanol–water partition coefficient (Wildman–Crippen LogP) is 3.22. The smallest absolute Gasteiger partial charge is 0.337 e. The van der Waals surface area contributed by atoms with Gasteiger partial charge in [-0.2, -0.15) is 5.10 Å². The monoisotopic (exact) mass is 403 g/mol. The second-order valence-corrected chi connectivity index (χ2v) is 7.78. The number of anilines is 1. The Bertz CT molecular complexity index is 1160. The number of aryl methyl sites for hydroxylation is 2. The van der Waals surface area contributed by atoms with Crippen LogP contribution in [0.4, 0.5) is 10.1 Å². The first-order chi connectivity index (χ1) is 13.2. The van der Waals surface area contributed by atoms with Crippen LogP contribution in [-0.4, -0.2) is 31.3 Å². The van der Waals surface area contributed by atoms with Gasteiger partial charge in [-0.3, -0.25) is 4.72 Å². The highest BCUT2D eigenvalue weighted by Crippen LogP contribution is 2.23. The van der Waals surface area contributed by atoms with Gasteiger partial charge in [-0.15, -0.1) is 0 Å². The van der Waals surface area contributed by atoms with E-state index in [1.54, 1.807) is 22.9 Å². The number of hydrogen-bond donors (Lipinski definition) is 1. The van der Waals surface area contributed by atoms with Crippen molar-refractivity contribution in [2.75, 3.05) is 11.8 Å². The molecule has 7 nitrogen and oxygen atoms in total. The molecule has 0 unspecified atom stereocenters. The van der Waals surface area contributed by atoms with E-state index in [1.165, 1.54) is 6.07 Å². The molecule has 0 radical (unpaired) electrons. The molecule has 0 bridgehead atoms. The van der Waals surface area contributed by atoms with Crippen LogP contribution in [0.2, 0.25) is 0 Å². The summed E-state index contributed by atoms with van der Waals surface area (Å²) in [7, 11) is -3.12. The second-order valence-electron chi connectivity index (χ2n) is 6.13. The van der Waals surface area contributed by atoms with Crippen molar-refractivity contribution in [3.8, 4) is 5.69 Å². The number of benzene rings is 2. The van der Waals surface area contributed by atoms with Crippen molar-refractivity contribution in [3.63, 3.8) is 0 Å². The number of hydrogen-bond acceptors (Lipinski definition) is 5. The summed E-state index contributed by atoms with van der Waals surface area (Å²) < 4.78 is 48.1. The number of esters is 1. The van der Waals surface area contributed by atoms with Gasteiger partial charge in [-0.1, -0.05) is 6.07 Å². The number of methoxy groups -OCH3 is 1. The lowest BCUT2D eigenvalue weighted by Gasteiger charge is -2.12. The third-order valence-electron chi connectivity index (χ3n) is 3.99. The standard InChI is InChI=1S/C19H18FN3O4S/c1-12-9-13(2)23(21-12)16-6-4-5-15(11-16)22-28(25,26)18-10-14(19(24)27-3)7-8-17(18)20/h4-11,22H,1-3H3. The fourth-order valence-electron chi connectivity index (χ4n) is 2.76. The van der Waals surface area contributed by atoms with Gasteiger partial charge >= 0.3 is 5.97 Å². The normalized spacial score (nSPS) is 11.3. The zero-order valence-electron chi connectivity index (χ0n) is 15.4. The molecule has 2 aromatic carbocycles. The van der Waals surface area contributed by atoms with Crippen LogP contribution < -0.4 is 4.72 Å². The Kier molecular flexibility index (Phi) is 5.19. The zero-order chi connectivity index (χ0) is 20.5. The number of carbonyl (C=O) groups is 1. The number of aromatic nitrogens is 2. The molecule has 0 amide bonds. The predicted molar refractivity (Wildman–Crippen MR) is 102 cm³/mol. The van der Waals surface area contributed by atoms with Gasteiger partial charge in [0.05, 0.1) is 29.7 Å². The highest BCUT2D eigenvalue weighted by atomic mass is 32.2. The maximum absolute atomic E-state index is 14.1. The summed E-state index contributed by atoms with van der Waals surface area (Å²) in [4.78, 5) is 11.0. The third kappa shape index (κ3) is 3.89. The van der Waals surface area contributed by atoms with Crippen molar-refractivity contribution in [2.24, 2.45) is 0 Å². The summed E-state index contributed by atoms with van der Waals surface area (Å²) in [6, 6.07) is 11.4. The molecule has 0 spiro atoms. The Morgan fingerprint density at radius 2 is 1.89 bits per heavy atom. The van der Waals surface area contributed by atoms with Gasteiger partial charge < -0.3 is 4.74 Å². The van der Waals surface area contributed by atoms with Crippen LogP contribution in [0.5, 0.6) is 0 Å². The number of carbonyl (C=O) groups excluding carboxylic acids is 1. The maximum Gasteiger partial charge on any atom is 0.337 e. The van der Waals surface area contributed by atoms with Gasteiger partial charge in [0.2, 0.25) is 0 Å². The van der Waals surface area contributed by atoms with Gasteiger partial charge in [0.25, 0.3) is 10.0 Å². The number of nitrogens with one attached hydrogen (secondary N) is 1. The van der Waals surface area contributed by atoms with Crippen molar-refractivity contribution in [1.29, 1.82) is 0 Å². The molecule has 3 aromatic rings. The van der Waals surface area contributed by atoms with Gasteiger partial charge in [0.1, 0.15) is 10.7 Å². The fraction of sp³-hybridized carbons (Fsp3) is 0.158. The molecule has 0 aliphatic carbocycles. The van der Waals surface area contributed by atoms with E-state index in [2.05, 4.69) is 14.6 Å². The van der Waals surface area contributed by atoms with Crippen molar-refractivity contribution in [1.82, 2.24) is 9.78 Å². The minimum Gasteiger partial charge on any atom is -0.465 e. The average Bonchev–Trinajstić information content (AvgIpc) is 2.99. The van der Waals surface area contributed by atoms with E-state index >= 15 is 0 Å². The van der Waals surface area contributed by atoms with E-state index in [9.17, 15) is 17.6 Å². The number of ether oxygens (including phenoxy) is 1. The van der Waals surface area contributed by atoms with Gasteiger partial charge in [-0.25, -0.2) is 22.3 Å². The van der Waals surface area contributed by atoms with Crippen molar-refractivity contribution < 1.29 is 22.3 Å². The molecule has 146 valence electrons. The Morgan fingerprint density at radius 3 is 2.54 bits per heavy atom. The molecule has 1 N–H and O–H groups in total. The summed E-state index contributed by atoms with van der Waals surface area (Å²) in [6.07, 6.45) is 0. The van der Waals surface area contributed by atoms with Crippen LogP contribution in [0.25, 0.3) is 5.69 Å². The van der Waals surface area contributed by atoms with E-state index in [-0.39, 0.29) is 11.3 Å². The summed E-state index contributed by atoms with van der Waals surface area (Å²) >= 11 is 0. The van der Waals surface area contributed by atoms with E-state index in [0.717, 1.165) is 36.7 Å². The van der Waals surface area contributed by atoms with Crippen LogP contribution in [0.3, 0.4) is 0 Å². The molecular formula is C19H18FN3O4S. The Hall–Kier alpha value is -3.20. The highest BCUT2D eigenvalue weighted by Gasteiger charge is 2.22. The first-order valence-corrected chi connectivity index (χ1v) is 9.74. The van der Waals surface area contributed by atoms with E-state index in [0.29, 0.717) is 5.69 Å². The third-order valence-corrected chi connectivity index (χ3v) is 5.39. The lowest BCUT2D eigenvalue weighted by Crippen LogP contribution is -2.16. The molecule has 0 atom stereocenters. The van der Waals surface area contributed by atoms with Crippen LogP contribution in [0, 0.1) is 19.7 Å². The van der Waals surface area contributed by atoms with Gasteiger partial charge in [-0.05, 0) is 56.3 Å². The largest absolute Gasteiger partial charge is 0.465 e. The van der Waals surface area contributed by atoms with Gasteiger partial charge in [0.15, 0.2) is 0 Å². The van der Waals surface area contributed by atoms with Crippen molar-refractivity contribution >= 4 is 21.7 Å². The lowest BCUT2D eigenvalue weighted by molar-refractivity contribution is 0.0600. The number of nitrogens with zero attached hydrogens (tertiary/aromatic N) is 2. The van der Waals surface area contributed by atoms with Gasteiger partial charge in [0, 0.05) is 5.69 Å². The molecule has 1 aromatic heterocycles. The van der Waals surface area contributed by atoms with Crippen LogP contribution in [0.15, 0.2) is 53.4 Å². The average molecular weight is 403 g/mol. The SMILES string of the molecule is COC(=O)c1ccc(F)c(S(=O)(=O)Nc2cccc(-n3nc(C)cc3C)c2)c1. The minimum absolute atomic E-state index is 0.0688. The molecule has 0 aliphatic heterocycles. The quantitative estimate of drug-likeness (QED) is 0.661. The Labute approximate surface area is 161 Å². The Morgan fingerprint density at radius 1 is 1.14 bits per heavy atom. The van der Waals surface area contributed by atoms with Crippen LogP contribution in [-0.2, 0) is 14.8 Å². The molecule has 28 heavy (non-hydrogen) atoms. The summed E-state index contributed by atoms with van der Waals surface area (Å²) in [5.41, 5.74) is 2.52. The molecule has 9 heteroatoms. The van der Waals surface area contributed by atoms with Crippen molar-refractivity contribution in [3.05, 3.63) is 71.3 Å². The summed E-state index contributed by atoms with van der Waals surface area (Å²) in [5.74, 6) is -1.74. The molecule has 0 fully saturated rings. The summed E-state index contributed by atoms with van der Waals surface area (Å²) in [6.45, 7) is 3.73. The summed E-state index contributed by atoms with van der Waals surface area (Å²) in [5, 5.41) is 4.36. The first kappa shape index (κ1) is 19.6. The fourth-order valence-corrected chi connectivity index (χ4v) is 3.91. The molecule has 0 saturated heterocycles. The maximum atomic E-state index is 14.1. The Balaban J connectivity index is 1.96. The molecule has 3 rings (SSSR count). The lowest BCUT2D eigenvalue weighted by atomic mass is 10.2. The van der Waals surface area contributed by atoms with Crippen LogP contribution in [0.1, 0.15) is 21.7 Å². The first-order valence-electron chi connectivity index (χ1n) is 8.25. The van der Waals surface area contributed by atoms with Crippen LogP contribution >= 0.6 is 0 Å². The number of halogens is 1. The molecular weight excluding hydrogens is 385 g/mol. The molecule has 1 heterocycles. The van der Waals surface area contributed by atoms with E-state index in [1.807, 2.05) is 19.9 Å². The molecule has 0 aliphatic rings. The second kappa shape index (κ2) is 7.43. The van der Waals surface area contributed by atoms with E-state index in [4.69, 9.17) is 0 Å². The topological polar surface area (TPSA) is 90.3 Å². The van der Waals surface area contributed by atoms with Crippen molar-refractivity contribution in [2.45, 2.75) is 18.7 Å². The van der Waals surface area contributed by atoms with E-state index < -0.39 is 26.7 Å². The minimum atomic E-state index is -4.27. The molecule has 0 saturated carbocycles. The highest BCUT2D eigenvalue weighted by molar-refractivity contribution is 7.92. The zero-order valence-corrected chi connectivity index (χ0v) is 16.2.